The highest BCUT2D eigenvalue weighted by Gasteiger charge is 2.51. The fourth-order valence-corrected chi connectivity index (χ4v) is 5.92. The highest BCUT2D eigenvalue weighted by atomic mass is 31.2. The molecule has 1 N–H and O–H groups in total. The van der Waals surface area contributed by atoms with Gasteiger partial charge in [-0.3, -0.25) is 19.2 Å². The van der Waals surface area contributed by atoms with Crippen LogP contribution in [0.4, 0.5) is 0 Å². The van der Waals surface area contributed by atoms with Crippen molar-refractivity contribution in [3.05, 3.63) is 0 Å². The first-order chi connectivity index (χ1) is 19.8. The molecule has 1 heterocycles. The molecule has 1 rings (SSSR count). The third-order valence-electron chi connectivity index (χ3n) is 5.76. The Labute approximate surface area is 249 Å². The number of ether oxygens (including phenoxy) is 5. The fourth-order valence-electron chi connectivity index (χ4n) is 4.29. The summed E-state index contributed by atoms with van der Waals surface area (Å²) < 4.78 is 42.0. The summed E-state index contributed by atoms with van der Waals surface area (Å²) in [4.78, 5) is 47.4. The van der Waals surface area contributed by atoms with Crippen LogP contribution in [0, 0.1) is 11.3 Å². The van der Waals surface area contributed by atoms with E-state index < -0.39 is 63.0 Å². The van der Waals surface area contributed by atoms with Crippen LogP contribution in [0.25, 0.3) is 0 Å². The molecule has 1 unspecified atom stereocenters. The van der Waals surface area contributed by atoms with Gasteiger partial charge in [0.15, 0.2) is 18.5 Å². The van der Waals surface area contributed by atoms with Crippen LogP contribution < -0.4 is 5.32 Å². The second kappa shape index (κ2) is 19.7. The van der Waals surface area contributed by atoms with Crippen molar-refractivity contribution in [2.75, 3.05) is 26.4 Å². The van der Waals surface area contributed by atoms with Crippen molar-refractivity contribution in [2.45, 2.75) is 117 Å². The highest BCUT2D eigenvalue weighted by molar-refractivity contribution is 7.44. The van der Waals surface area contributed by atoms with E-state index in [2.05, 4.69) is 43.8 Å². The van der Waals surface area contributed by atoms with E-state index in [1.807, 2.05) is 0 Å². The molecular weight excluding hydrogens is 573 g/mol. The zero-order valence-corrected chi connectivity index (χ0v) is 26.7. The third-order valence-corrected chi connectivity index (χ3v) is 7.86. The fraction of sp³-hybridized carbons (Fsp3) is 0.815. The Bertz CT molecular complexity index is 906. The molecule has 0 aromatic heterocycles. The van der Waals surface area contributed by atoms with Gasteiger partial charge in [-0.25, -0.2) is 4.67 Å². The molecule has 1 aliphatic rings. The number of nitrogens with one attached hydrogen (secondary N) is 1. The quantitative estimate of drug-likeness (QED) is 0.103. The molecule has 240 valence electrons. The average molecular weight is 620 g/mol. The Morgan fingerprint density at radius 2 is 1.45 bits per heavy atom. The van der Waals surface area contributed by atoms with Crippen molar-refractivity contribution >= 4 is 32.3 Å². The van der Waals surface area contributed by atoms with Crippen LogP contribution >= 0.6 is 8.53 Å². The van der Waals surface area contributed by atoms with E-state index in [0.29, 0.717) is 19.4 Å². The van der Waals surface area contributed by atoms with E-state index in [4.69, 9.17) is 38.0 Å². The Kier molecular flexibility index (Phi) is 17.7. The van der Waals surface area contributed by atoms with Crippen LogP contribution in [0.15, 0.2) is 0 Å². The molecule has 0 aliphatic carbocycles. The summed E-state index contributed by atoms with van der Waals surface area (Å²) in [6.07, 6.45) is -3.10. The van der Waals surface area contributed by atoms with Crippen LogP contribution in [-0.2, 0) is 51.9 Å². The highest BCUT2D eigenvalue weighted by Crippen LogP contribution is 2.46. The maximum absolute atomic E-state index is 12.1. The van der Waals surface area contributed by atoms with Crippen molar-refractivity contribution in [1.29, 1.82) is 5.26 Å². The van der Waals surface area contributed by atoms with Gasteiger partial charge in [-0.15, -0.1) is 0 Å². The van der Waals surface area contributed by atoms with Gasteiger partial charge in [0.2, 0.25) is 5.91 Å². The Morgan fingerprint density at radius 1 is 0.881 bits per heavy atom. The van der Waals surface area contributed by atoms with Gasteiger partial charge in [-0.1, -0.05) is 0 Å². The topological polar surface area (TPSA) is 172 Å². The molecule has 1 amide bonds. The molecule has 0 spiro atoms. The lowest BCUT2D eigenvalue weighted by Gasteiger charge is -2.44. The van der Waals surface area contributed by atoms with Crippen LogP contribution in [0.5, 0.6) is 0 Å². The van der Waals surface area contributed by atoms with Crippen LogP contribution in [0.2, 0.25) is 0 Å². The van der Waals surface area contributed by atoms with Crippen LogP contribution in [0.3, 0.4) is 0 Å². The first-order valence-electron chi connectivity index (χ1n) is 14.0. The van der Waals surface area contributed by atoms with Gasteiger partial charge in [0, 0.05) is 46.4 Å². The number of nitriles is 1. The normalized spacial score (nSPS) is 22.9. The van der Waals surface area contributed by atoms with Gasteiger partial charge < -0.3 is 38.0 Å². The summed E-state index contributed by atoms with van der Waals surface area (Å²) in [5, 5.41) is 11.5. The second-order valence-corrected chi connectivity index (χ2v) is 11.6. The van der Waals surface area contributed by atoms with Crippen molar-refractivity contribution < 1.29 is 51.9 Å². The lowest BCUT2D eigenvalue weighted by molar-refractivity contribution is -0.277. The van der Waals surface area contributed by atoms with Crippen LogP contribution in [-0.4, -0.2) is 97.6 Å². The number of amides is 1. The Balaban J connectivity index is 2.94. The monoisotopic (exact) mass is 619 g/mol. The van der Waals surface area contributed by atoms with E-state index in [9.17, 15) is 19.2 Å². The summed E-state index contributed by atoms with van der Waals surface area (Å²) >= 11 is 0. The molecule has 1 fully saturated rings. The summed E-state index contributed by atoms with van der Waals surface area (Å²) in [6, 6.07) is 1.41. The van der Waals surface area contributed by atoms with E-state index >= 15 is 0 Å². The summed E-state index contributed by atoms with van der Waals surface area (Å²) in [5.41, 5.74) is 0. The average Bonchev–Trinajstić information content (AvgIpc) is 2.86. The zero-order chi connectivity index (χ0) is 31.8. The molecule has 0 bridgehead atoms. The molecule has 0 saturated carbocycles. The minimum absolute atomic E-state index is 0.177. The minimum Gasteiger partial charge on any atom is -0.463 e. The molecule has 15 heteroatoms. The van der Waals surface area contributed by atoms with Crippen molar-refractivity contribution in [3.8, 4) is 6.07 Å². The van der Waals surface area contributed by atoms with Gasteiger partial charge in [0.05, 0.1) is 25.7 Å². The van der Waals surface area contributed by atoms with Gasteiger partial charge >= 0.3 is 17.9 Å². The summed E-state index contributed by atoms with van der Waals surface area (Å²) in [6.45, 7) is 13.6. The molecule has 1 saturated heterocycles. The first kappa shape index (κ1) is 37.6. The minimum atomic E-state index is -1.37. The van der Waals surface area contributed by atoms with Gasteiger partial charge in [0.25, 0.3) is 8.53 Å². The number of carbonyl (C=O) groups is 4. The molecule has 6 atom stereocenters. The van der Waals surface area contributed by atoms with Gasteiger partial charge in [0.1, 0.15) is 18.8 Å². The van der Waals surface area contributed by atoms with Gasteiger partial charge in [-0.2, -0.15) is 5.26 Å². The van der Waals surface area contributed by atoms with Crippen molar-refractivity contribution in [1.82, 2.24) is 9.99 Å². The van der Waals surface area contributed by atoms with E-state index in [-0.39, 0.29) is 38.3 Å². The predicted molar refractivity (Wildman–Crippen MR) is 150 cm³/mol. The molecule has 0 radical (unpaired) electrons. The number of carbonyl (C=O) groups excluding carboxylic acids is 4. The molecular formula is C27H46N3O11P. The number of esters is 3. The number of rotatable bonds is 18. The number of unbranched alkanes of at least 4 members (excludes halogenated alkanes) is 1. The van der Waals surface area contributed by atoms with Crippen LogP contribution in [0.1, 0.15) is 74.7 Å². The Hall–Kier alpha value is -2.40. The lowest BCUT2D eigenvalue weighted by Crippen LogP contribution is -2.66. The molecule has 1 aliphatic heterocycles. The van der Waals surface area contributed by atoms with E-state index in [1.165, 1.54) is 27.7 Å². The van der Waals surface area contributed by atoms with Crippen molar-refractivity contribution in [3.63, 3.8) is 0 Å². The SMILES string of the molecule is CC(=O)N[C@H]1[C@H](OCCCCOP(OCCC#N)N(C(C)C)C(C)C)O[C@H](COC(C)=O)[C@H](OC(C)=O)[C@@H]1OC(C)=O. The standard InChI is InChI=1S/C27H46N3O11P/c1-17(2)30(18(3)4)42(38-15-11-12-28)37-14-10-9-13-35-27-24(29-19(5)31)26(40-22(8)34)25(39-21(7)33)23(41-27)16-36-20(6)32/h17-18,23-27H,9-11,13-16H2,1-8H3,(H,29,31)/t23-,24-,25+,26-,27-,42?/m1/s1. The summed E-state index contributed by atoms with van der Waals surface area (Å²) in [5.74, 6) is -2.40. The Morgan fingerprint density at radius 3 is 1.98 bits per heavy atom. The van der Waals surface area contributed by atoms with Gasteiger partial charge in [-0.05, 0) is 40.5 Å². The third kappa shape index (κ3) is 13.7. The zero-order valence-electron chi connectivity index (χ0n) is 25.8. The molecule has 0 aromatic rings. The smallest absolute Gasteiger partial charge is 0.303 e. The number of hydrogen-bond donors (Lipinski definition) is 1. The maximum atomic E-state index is 12.1. The largest absolute Gasteiger partial charge is 0.463 e. The van der Waals surface area contributed by atoms with E-state index in [1.54, 1.807) is 0 Å². The molecule has 14 nitrogen and oxygen atoms in total. The summed E-state index contributed by atoms with van der Waals surface area (Å²) in [7, 11) is -1.37. The second-order valence-electron chi connectivity index (χ2n) is 10.2. The molecule has 0 aromatic carbocycles. The predicted octanol–water partition coefficient (Wildman–Crippen LogP) is 2.73. The maximum Gasteiger partial charge on any atom is 0.303 e. The first-order valence-corrected chi connectivity index (χ1v) is 15.1. The lowest BCUT2D eigenvalue weighted by atomic mass is 9.96. The van der Waals surface area contributed by atoms with Crippen molar-refractivity contribution in [2.24, 2.45) is 0 Å². The number of nitrogens with zero attached hydrogens (tertiary/aromatic N) is 2. The van der Waals surface area contributed by atoms with E-state index in [0.717, 1.165) is 0 Å². The number of hydrogen-bond acceptors (Lipinski definition) is 13. The molecule has 42 heavy (non-hydrogen) atoms.